The first-order chi connectivity index (χ1) is 16.9. The molecule has 10 heteroatoms. The Morgan fingerprint density at radius 3 is 2.54 bits per heavy atom. The van der Waals surface area contributed by atoms with Gasteiger partial charge in [0.05, 0.1) is 31.1 Å². The van der Waals surface area contributed by atoms with E-state index in [1.165, 1.54) is 17.9 Å². The molecule has 1 N–H and O–H groups in total. The van der Waals surface area contributed by atoms with Gasteiger partial charge in [0.25, 0.3) is 0 Å². The second kappa shape index (κ2) is 11.2. The van der Waals surface area contributed by atoms with E-state index < -0.39 is 18.0 Å². The lowest BCUT2D eigenvalue weighted by Gasteiger charge is -2.36. The van der Waals surface area contributed by atoms with Crippen molar-refractivity contribution in [3.63, 3.8) is 0 Å². The quantitative estimate of drug-likeness (QED) is 0.618. The SMILES string of the molecule is CC(=O)NC[C@H]1CN(c2ccc(N3CCN(C(=O)COCc4ccccc4)CC3)c(F)c2)C(=O)O1. The highest BCUT2D eigenvalue weighted by Gasteiger charge is 2.33. The molecule has 0 bridgehead atoms. The second-order valence-electron chi connectivity index (χ2n) is 8.54. The molecule has 2 aromatic carbocycles. The fraction of sp³-hybridized carbons (Fsp3) is 0.400. The summed E-state index contributed by atoms with van der Waals surface area (Å²) < 4.78 is 25.8. The highest BCUT2D eigenvalue weighted by Crippen LogP contribution is 2.28. The Bertz CT molecular complexity index is 1060. The number of cyclic esters (lactones) is 1. The van der Waals surface area contributed by atoms with E-state index in [4.69, 9.17) is 9.47 Å². The van der Waals surface area contributed by atoms with Crippen LogP contribution in [0.25, 0.3) is 0 Å². The van der Waals surface area contributed by atoms with Crippen molar-refractivity contribution in [1.82, 2.24) is 10.2 Å². The van der Waals surface area contributed by atoms with Crippen LogP contribution in [0.2, 0.25) is 0 Å². The van der Waals surface area contributed by atoms with Crippen molar-refractivity contribution in [2.24, 2.45) is 0 Å². The third kappa shape index (κ3) is 6.27. The van der Waals surface area contributed by atoms with Gasteiger partial charge in [-0.3, -0.25) is 14.5 Å². The van der Waals surface area contributed by atoms with Gasteiger partial charge < -0.3 is 24.6 Å². The first kappa shape index (κ1) is 24.5. The molecule has 1 atom stereocenters. The van der Waals surface area contributed by atoms with E-state index >= 15 is 0 Å². The summed E-state index contributed by atoms with van der Waals surface area (Å²) in [5.74, 6) is -0.749. The Labute approximate surface area is 203 Å². The summed E-state index contributed by atoms with van der Waals surface area (Å²) in [6.07, 6.45) is -1.06. The third-order valence-corrected chi connectivity index (χ3v) is 6.01. The van der Waals surface area contributed by atoms with Crippen LogP contribution in [-0.4, -0.2) is 74.8 Å². The number of benzene rings is 2. The molecule has 0 saturated carbocycles. The molecule has 0 spiro atoms. The molecule has 9 nitrogen and oxygen atoms in total. The van der Waals surface area contributed by atoms with Crippen molar-refractivity contribution in [3.05, 3.63) is 59.9 Å². The third-order valence-electron chi connectivity index (χ3n) is 6.01. The minimum absolute atomic E-state index is 0.00676. The number of nitrogens with zero attached hydrogens (tertiary/aromatic N) is 3. The molecule has 0 unspecified atom stereocenters. The van der Waals surface area contributed by atoms with Crippen molar-refractivity contribution >= 4 is 29.3 Å². The van der Waals surface area contributed by atoms with Gasteiger partial charge in [0.15, 0.2) is 0 Å². The van der Waals surface area contributed by atoms with Gasteiger partial charge in [0, 0.05) is 33.1 Å². The minimum atomic E-state index is -0.575. The zero-order valence-electron chi connectivity index (χ0n) is 19.6. The fourth-order valence-electron chi connectivity index (χ4n) is 4.13. The highest BCUT2D eigenvalue weighted by molar-refractivity contribution is 5.90. The number of piperazine rings is 1. The smallest absolute Gasteiger partial charge is 0.414 e. The van der Waals surface area contributed by atoms with Crippen molar-refractivity contribution in [2.75, 3.05) is 55.7 Å². The first-order valence-corrected chi connectivity index (χ1v) is 11.6. The van der Waals surface area contributed by atoms with Crippen molar-refractivity contribution in [3.8, 4) is 0 Å². The Morgan fingerprint density at radius 1 is 1.11 bits per heavy atom. The minimum Gasteiger partial charge on any atom is -0.442 e. The van der Waals surface area contributed by atoms with E-state index in [0.29, 0.717) is 44.2 Å². The van der Waals surface area contributed by atoms with E-state index in [1.807, 2.05) is 35.2 Å². The molecule has 2 heterocycles. The molecule has 186 valence electrons. The van der Waals surface area contributed by atoms with E-state index in [-0.39, 0.29) is 31.5 Å². The van der Waals surface area contributed by atoms with Crippen molar-refractivity contribution in [2.45, 2.75) is 19.6 Å². The van der Waals surface area contributed by atoms with Crippen LogP contribution in [0.4, 0.5) is 20.6 Å². The lowest BCUT2D eigenvalue weighted by atomic mass is 10.2. The van der Waals surface area contributed by atoms with Gasteiger partial charge in [-0.2, -0.15) is 0 Å². The van der Waals surface area contributed by atoms with E-state index in [9.17, 15) is 18.8 Å². The number of carbonyl (C=O) groups is 3. The number of rotatable bonds is 8. The Kier molecular flexibility index (Phi) is 7.81. The molecule has 3 amide bonds. The summed E-state index contributed by atoms with van der Waals surface area (Å²) in [6, 6.07) is 14.3. The summed E-state index contributed by atoms with van der Waals surface area (Å²) >= 11 is 0. The largest absolute Gasteiger partial charge is 0.442 e. The number of halogens is 1. The number of anilines is 2. The average Bonchev–Trinajstić information content (AvgIpc) is 3.24. The predicted octanol–water partition coefficient (Wildman–Crippen LogP) is 2.15. The van der Waals surface area contributed by atoms with Crippen LogP contribution in [0.3, 0.4) is 0 Å². The molecule has 35 heavy (non-hydrogen) atoms. The second-order valence-corrected chi connectivity index (χ2v) is 8.54. The van der Waals surface area contributed by atoms with Crippen LogP contribution in [0.1, 0.15) is 12.5 Å². The molecule has 0 aliphatic carbocycles. The van der Waals surface area contributed by atoms with Crippen LogP contribution in [0.15, 0.2) is 48.5 Å². The Hall–Kier alpha value is -3.66. The molecule has 4 rings (SSSR count). The summed E-state index contributed by atoms with van der Waals surface area (Å²) in [7, 11) is 0. The predicted molar refractivity (Wildman–Crippen MR) is 128 cm³/mol. The Morgan fingerprint density at radius 2 is 1.86 bits per heavy atom. The Balaban J connectivity index is 1.27. The van der Waals surface area contributed by atoms with E-state index in [2.05, 4.69) is 5.32 Å². The van der Waals surface area contributed by atoms with E-state index in [0.717, 1.165) is 5.56 Å². The van der Waals surface area contributed by atoms with Crippen molar-refractivity contribution < 1.29 is 28.2 Å². The average molecular weight is 485 g/mol. The van der Waals surface area contributed by atoms with Crippen LogP contribution >= 0.6 is 0 Å². The maximum Gasteiger partial charge on any atom is 0.414 e. The van der Waals surface area contributed by atoms with Crippen LogP contribution in [0, 0.1) is 5.82 Å². The normalized spacial score (nSPS) is 17.9. The molecule has 2 aromatic rings. The molecule has 0 aromatic heterocycles. The van der Waals surface area contributed by atoms with E-state index in [1.54, 1.807) is 17.0 Å². The summed E-state index contributed by atoms with van der Waals surface area (Å²) in [6.45, 7) is 4.13. The lowest BCUT2D eigenvalue weighted by molar-refractivity contribution is -0.136. The number of carbonyl (C=O) groups excluding carboxylic acids is 3. The number of ether oxygens (including phenoxy) is 2. The van der Waals surface area contributed by atoms with Crippen LogP contribution < -0.4 is 15.1 Å². The topological polar surface area (TPSA) is 91.4 Å². The summed E-state index contributed by atoms with van der Waals surface area (Å²) in [5, 5.41) is 2.61. The zero-order chi connectivity index (χ0) is 24.8. The maximum absolute atomic E-state index is 15.0. The zero-order valence-corrected chi connectivity index (χ0v) is 19.6. The molecule has 2 fully saturated rings. The monoisotopic (exact) mass is 484 g/mol. The fourth-order valence-corrected chi connectivity index (χ4v) is 4.13. The van der Waals surface area contributed by atoms with Gasteiger partial charge >= 0.3 is 6.09 Å². The number of hydrogen-bond acceptors (Lipinski definition) is 6. The van der Waals surface area contributed by atoms with Gasteiger partial charge in [-0.05, 0) is 23.8 Å². The molecule has 0 radical (unpaired) electrons. The number of nitrogens with one attached hydrogen (secondary N) is 1. The molecular formula is C25H29FN4O5. The molecule has 2 saturated heterocycles. The maximum atomic E-state index is 15.0. The van der Waals surface area contributed by atoms with Crippen molar-refractivity contribution in [1.29, 1.82) is 0 Å². The molecular weight excluding hydrogens is 455 g/mol. The number of hydrogen-bond donors (Lipinski definition) is 1. The lowest BCUT2D eigenvalue weighted by Crippen LogP contribution is -2.50. The van der Waals surface area contributed by atoms with Gasteiger partial charge in [0.2, 0.25) is 11.8 Å². The summed E-state index contributed by atoms with van der Waals surface area (Å²) in [4.78, 5) is 40.7. The number of amides is 3. The van der Waals surface area contributed by atoms with Crippen LogP contribution in [0.5, 0.6) is 0 Å². The molecule has 2 aliphatic heterocycles. The highest BCUT2D eigenvalue weighted by atomic mass is 19.1. The van der Waals surface area contributed by atoms with Gasteiger partial charge in [-0.15, -0.1) is 0 Å². The standard InChI is InChI=1S/C25H29FN4O5/c1-18(31)27-14-21-15-30(25(33)35-21)20-7-8-23(22(26)13-20)28-9-11-29(12-10-28)24(32)17-34-16-19-5-3-2-4-6-19/h2-8,13,21H,9-12,14-17H2,1H3,(H,27,31)/t21-/m0/s1. The van der Waals surface area contributed by atoms with Gasteiger partial charge in [0.1, 0.15) is 18.5 Å². The first-order valence-electron chi connectivity index (χ1n) is 11.6. The van der Waals surface area contributed by atoms with Gasteiger partial charge in [-0.25, -0.2) is 9.18 Å². The van der Waals surface area contributed by atoms with Crippen LogP contribution in [-0.2, 0) is 25.7 Å². The van der Waals surface area contributed by atoms with Gasteiger partial charge in [-0.1, -0.05) is 30.3 Å². The summed E-state index contributed by atoms with van der Waals surface area (Å²) in [5.41, 5.74) is 1.82. The molecule has 2 aliphatic rings.